The fourth-order valence-electron chi connectivity index (χ4n) is 12.4. The van der Waals surface area contributed by atoms with Gasteiger partial charge in [0.25, 0.3) is 0 Å². The van der Waals surface area contributed by atoms with Gasteiger partial charge in [0, 0.05) is 10.8 Å². The summed E-state index contributed by atoms with van der Waals surface area (Å²) in [4.78, 5) is 0. The molecule has 10 rings (SSSR count). The Bertz CT molecular complexity index is 2400. The van der Waals surface area contributed by atoms with Gasteiger partial charge in [-0.1, -0.05) is 115 Å². The summed E-state index contributed by atoms with van der Waals surface area (Å²) in [5.74, 6) is 0.460. The molecule has 0 bridgehead atoms. The van der Waals surface area contributed by atoms with Gasteiger partial charge >= 0.3 is 145 Å². The van der Waals surface area contributed by atoms with Crippen LogP contribution in [0.5, 0.6) is 0 Å². The zero-order valence-electron chi connectivity index (χ0n) is 35.3. The van der Waals surface area contributed by atoms with Gasteiger partial charge in [-0.3, -0.25) is 6.08 Å². The average molecular weight is 879 g/mol. The number of hydrogen-bond acceptors (Lipinski definition) is 0. The number of hydrogen-bond donors (Lipinski definition) is 0. The fraction of sp³-hybridized carbons (Fsp3) is 0.309. The van der Waals surface area contributed by atoms with Crippen molar-refractivity contribution in [2.45, 2.75) is 61.8 Å². The first kappa shape index (κ1) is 44.2. The van der Waals surface area contributed by atoms with Crippen LogP contribution in [0.3, 0.4) is 0 Å². The van der Waals surface area contributed by atoms with Gasteiger partial charge in [-0.05, 0) is 28.6 Å². The Morgan fingerprint density at radius 2 is 1.09 bits per heavy atom. The molecule has 58 heavy (non-hydrogen) atoms. The van der Waals surface area contributed by atoms with E-state index in [1.807, 2.05) is 12.2 Å². The molecule has 6 aliphatic rings. The molecule has 296 valence electrons. The first-order chi connectivity index (χ1) is 26.7. The van der Waals surface area contributed by atoms with E-state index in [-0.39, 0.29) is 62.7 Å². The molecule has 0 amide bonds. The van der Waals surface area contributed by atoms with Crippen LogP contribution >= 0.6 is 0 Å². The third kappa shape index (κ3) is 5.95. The van der Waals surface area contributed by atoms with E-state index in [2.05, 4.69) is 226 Å². The van der Waals surface area contributed by atoms with Crippen LogP contribution in [0.1, 0.15) is 72.9 Å². The van der Waals surface area contributed by atoms with E-state index in [4.69, 9.17) is 0 Å². The third-order valence-corrected chi connectivity index (χ3v) is 18.1. The van der Waals surface area contributed by atoms with Crippen molar-refractivity contribution in [1.82, 2.24) is 0 Å². The zero-order valence-corrected chi connectivity index (χ0v) is 39.3. The Labute approximate surface area is 375 Å². The molecule has 0 radical (unpaired) electrons. The molecule has 4 aromatic carbocycles. The second kappa shape index (κ2) is 15.9. The van der Waals surface area contributed by atoms with E-state index < -0.39 is 0 Å². The molecule has 8 atom stereocenters. The van der Waals surface area contributed by atoms with Crippen LogP contribution < -0.4 is 24.8 Å². The Morgan fingerprint density at radius 3 is 1.57 bits per heavy atom. The van der Waals surface area contributed by atoms with Gasteiger partial charge < -0.3 is 31.2 Å². The fourth-order valence-corrected chi connectivity index (χ4v) is 13.2. The number of benzene rings is 4. The summed E-state index contributed by atoms with van der Waals surface area (Å²) in [6.07, 6.45) is 39.3. The average Bonchev–Trinajstić information content (AvgIpc) is 3.87. The summed E-state index contributed by atoms with van der Waals surface area (Å²) in [6, 6.07) is 30.6. The van der Waals surface area contributed by atoms with Crippen molar-refractivity contribution in [2.75, 3.05) is 0 Å². The summed E-state index contributed by atoms with van der Waals surface area (Å²) >= 11 is 1.44. The summed E-state index contributed by atoms with van der Waals surface area (Å²) in [7, 11) is 0. The maximum absolute atomic E-state index is 2.99. The molecule has 0 nitrogen and oxygen atoms in total. The van der Waals surface area contributed by atoms with Crippen LogP contribution in [0.4, 0.5) is 0 Å². The summed E-state index contributed by atoms with van der Waals surface area (Å²) in [6.45, 7) is 20.3. The van der Waals surface area contributed by atoms with Gasteiger partial charge in [-0.15, -0.1) is 23.8 Å². The van der Waals surface area contributed by atoms with Gasteiger partial charge in [-0.2, -0.15) is 6.08 Å². The molecule has 0 heterocycles. The topological polar surface area (TPSA) is 0 Å². The van der Waals surface area contributed by atoms with E-state index >= 15 is 0 Å². The van der Waals surface area contributed by atoms with Gasteiger partial charge in [-0.25, -0.2) is 12.2 Å². The summed E-state index contributed by atoms with van der Waals surface area (Å²) in [5, 5.41) is 5.21. The molecular weight excluding hydrogens is 823 g/mol. The molecule has 3 heteroatoms. The van der Waals surface area contributed by atoms with E-state index in [9.17, 15) is 0 Å². The summed E-state index contributed by atoms with van der Waals surface area (Å²) < 4.78 is 1.41. The molecule has 8 unspecified atom stereocenters. The van der Waals surface area contributed by atoms with Crippen LogP contribution in [0, 0.1) is 56.3 Å². The van der Waals surface area contributed by atoms with Gasteiger partial charge in [0.15, 0.2) is 0 Å². The molecule has 0 saturated heterocycles. The number of rotatable bonds is 2. The molecule has 0 aliphatic heterocycles. The van der Waals surface area contributed by atoms with Gasteiger partial charge in [0.1, 0.15) is 0 Å². The standard InChI is InChI=1S/C29H37.C21H14.C5H5.2ClH.Zr/c1-21-14-13-15-22-20-27(6)25(4)18-10-9-16-23(25,2)24(3)17-11-12-19-26(24,5)29(27,8)28(21,22)7;1-3-7-20-14-16(9-11-18(20)5-1)13-17-10-12-19-6-2-4-8-21(19)15-17;1-2-4-5-3-1;;;/h9-20,22H,1-8H3;1-12,14-15H;1-3H,4H2;2*1H;/q-1;;-1;;;+2/p-2. The monoisotopic (exact) mass is 876 g/mol. The molecule has 4 aromatic rings. The Balaban J connectivity index is 0.000000173. The van der Waals surface area contributed by atoms with Crippen molar-refractivity contribution in [3.63, 3.8) is 0 Å². The van der Waals surface area contributed by atoms with Crippen molar-refractivity contribution in [3.05, 3.63) is 199 Å². The Kier molecular flexibility index (Phi) is 12.1. The number of fused-ring (bicyclic) bond motifs is 10. The van der Waals surface area contributed by atoms with E-state index in [1.165, 1.54) is 65.7 Å². The van der Waals surface area contributed by atoms with Gasteiger partial charge in [0.05, 0.1) is 0 Å². The molecule has 0 aromatic heterocycles. The number of halogens is 2. The second-order valence-electron chi connectivity index (χ2n) is 18.2. The van der Waals surface area contributed by atoms with Crippen molar-refractivity contribution < 1.29 is 49.0 Å². The van der Waals surface area contributed by atoms with E-state index in [1.54, 1.807) is 0 Å². The molecular formula is C55H56Cl2Zr-2. The first-order valence-electron chi connectivity index (χ1n) is 20.5. The normalized spacial score (nSPS) is 35.2. The maximum atomic E-state index is 2.99. The predicted octanol–water partition coefficient (Wildman–Crippen LogP) is 8.07. The van der Waals surface area contributed by atoms with Crippen LogP contribution in [-0.4, -0.2) is 3.21 Å². The zero-order chi connectivity index (χ0) is 39.6. The number of allylic oxidation sites excluding steroid dienone is 16. The third-order valence-electron chi connectivity index (χ3n) is 16.7. The Morgan fingerprint density at radius 1 is 0.603 bits per heavy atom. The van der Waals surface area contributed by atoms with E-state index in [0.29, 0.717) is 5.92 Å². The quantitative estimate of drug-likeness (QED) is 0.179. The second-order valence-corrected chi connectivity index (χ2v) is 19.4. The molecule has 0 spiro atoms. The SMILES string of the molecule is CC1=CC=CC2[CH-]C3(C)C4(C)C=CC=CC4(C)C4(C)C=CC=CC4(C)C3(C)C12C.[C-]1=CC=CC1.[Cl-].[Cl-].[Zr+2]=[C](c1ccc2ccccc2c1)c1ccc2ccccc2c1. The minimum atomic E-state index is 0. The minimum absolute atomic E-state index is 0. The van der Waals surface area contributed by atoms with Crippen LogP contribution in [0.25, 0.3) is 21.5 Å². The predicted molar refractivity (Wildman–Crippen MR) is 237 cm³/mol. The molecule has 2 saturated carbocycles. The Hall–Kier alpha value is -3.35. The van der Waals surface area contributed by atoms with Crippen molar-refractivity contribution >= 4 is 24.8 Å². The van der Waals surface area contributed by atoms with Gasteiger partial charge in [0.2, 0.25) is 0 Å². The van der Waals surface area contributed by atoms with Crippen LogP contribution in [0.2, 0.25) is 0 Å². The van der Waals surface area contributed by atoms with E-state index in [0.717, 1.165) is 6.42 Å². The first-order valence-corrected chi connectivity index (χ1v) is 21.7. The summed E-state index contributed by atoms with van der Waals surface area (Å²) in [5.41, 5.74) is 4.39. The van der Waals surface area contributed by atoms with Crippen LogP contribution in [0.15, 0.2) is 176 Å². The molecule has 6 aliphatic carbocycles. The van der Waals surface area contributed by atoms with Crippen LogP contribution in [-0.2, 0) is 24.2 Å². The van der Waals surface area contributed by atoms with Crippen molar-refractivity contribution in [2.24, 2.45) is 43.8 Å². The molecule has 0 N–H and O–H groups in total. The van der Waals surface area contributed by atoms with Crippen molar-refractivity contribution in [1.29, 1.82) is 0 Å². The molecule has 2 fully saturated rings. The van der Waals surface area contributed by atoms with Crippen molar-refractivity contribution in [3.8, 4) is 0 Å².